The van der Waals surface area contributed by atoms with Crippen LogP contribution < -0.4 is 10.1 Å². The molecule has 150 valence electrons. The minimum atomic E-state index is -0.585. The number of aryl methyl sites for hydroxylation is 1. The minimum Gasteiger partial charge on any atom is -0.475 e. The quantitative estimate of drug-likeness (QED) is 0.706. The summed E-state index contributed by atoms with van der Waals surface area (Å²) < 4.78 is 16.3. The molecule has 1 N–H and O–H groups in total. The van der Waals surface area contributed by atoms with Crippen LogP contribution in [0.15, 0.2) is 42.6 Å². The molecule has 2 aromatic rings. The fourth-order valence-corrected chi connectivity index (χ4v) is 3.38. The van der Waals surface area contributed by atoms with Crippen molar-refractivity contribution in [2.45, 2.75) is 32.1 Å². The minimum absolute atomic E-state index is 0.0218. The van der Waals surface area contributed by atoms with Gasteiger partial charge in [-0.1, -0.05) is 29.8 Å². The molecule has 0 unspecified atom stereocenters. The van der Waals surface area contributed by atoms with E-state index in [1.165, 1.54) is 5.56 Å². The van der Waals surface area contributed by atoms with Gasteiger partial charge in [-0.05, 0) is 38.3 Å². The first-order valence-corrected chi connectivity index (χ1v) is 9.77. The molecule has 2 heterocycles. The van der Waals surface area contributed by atoms with Gasteiger partial charge in [-0.3, -0.25) is 4.79 Å². The topological polar surface area (TPSA) is 69.7 Å². The van der Waals surface area contributed by atoms with E-state index in [0.29, 0.717) is 57.4 Å². The predicted octanol–water partition coefficient (Wildman–Crippen LogP) is 3.49. The van der Waals surface area contributed by atoms with E-state index in [9.17, 15) is 4.79 Å². The van der Waals surface area contributed by atoms with Gasteiger partial charge in [0.2, 0.25) is 11.8 Å². The van der Waals surface area contributed by atoms with Crippen molar-refractivity contribution in [3.8, 4) is 5.88 Å². The predicted molar refractivity (Wildman–Crippen MR) is 108 cm³/mol. The number of hydrogen-bond acceptors (Lipinski definition) is 5. The maximum Gasteiger partial charge on any atom is 0.235 e. The van der Waals surface area contributed by atoms with Gasteiger partial charge >= 0.3 is 0 Å². The van der Waals surface area contributed by atoms with Gasteiger partial charge in [0.25, 0.3) is 0 Å². The van der Waals surface area contributed by atoms with Crippen molar-refractivity contribution >= 4 is 11.6 Å². The summed E-state index contributed by atoms with van der Waals surface area (Å²) in [5, 5.41) is 3.03. The number of nitrogens with zero attached hydrogens (tertiary/aromatic N) is 1. The molecule has 0 aliphatic carbocycles. The molecule has 1 aromatic heterocycles. The molecule has 28 heavy (non-hydrogen) atoms. The van der Waals surface area contributed by atoms with Crippen LogP contribution in [0.2, 0.25) is 0 Å². The molecule has 1 saturated heterocycles. The van der Waals surface area contributed by atoms with Crippen LogP contribution in [0.1, 0.15) is 30.9 Å². The smallest absolute Gasteiger partial charge is 0.235 e. The zero-order chi connectivity index (χ0) is 19.8. The second kappa shape index (κ2) is 9.66. The third-order valence-electron chi connectivity index (χ3n) is 5.06. The number of aromatic nitrogens is 1. The van der Waals surface area contributed by atoms with Gasteiger partial charge in [-0.2, -0.15) is 0 Å². The number of rotatable bonds is 8. The Hall–Kier alpha value is -2.44. The third-order valence-corrected chi connectivity index (χ3v) is 5.06. The molecule has 0 bridgehead atoms. The molecule has 0 saturated carbocycles. The Kier molecular flexibility index (Phi) is 7.01. The first-order valence-electron chi connectivity index (χ1n) is 9.77. The molecule has 6 nitrogen and oxygen atoms in total. The molecule has 0 atom stereocenters. The second-order valence-electron chi connectivity index (χ2n) is 6.95. The highest BCUT2D eigenvalue weighted by atomic mass is 16.5. The SMILES string of the molecule is CCOCCOc1ccc(NC(=O)C2(c3ccc(C)cc3)CCOCC2)cn1. The summed E-state index contributed by atoms with van der Waals surface area (Å²) in [6, 6.07) is 11.8. The maximum absolute atomic E-state index is 13.3. The summed E-state index contributed by atoms with van der Waals surface area (Å²) in [7, 11) is 0. The lowest BCUT2D eigenvalue weighted by atomic mass is 9.73. The van der Waals surface area contributed by atoms with Gasteiger partial charge in [-0.15, -0.1) is 0 Å². The Balaban J connectivity index is 1.69. The first kappa shape index (κ1) is 20.3. The summed E-state index contributed by atoms with van der Waals surface area (Å²) in [4.78, 5) is 17.5. The molecule has 1 aromatic carbocycles. The van der Waals surface area contributed by atoms with Crippen LogP contribution in [0, 0.1) is 6.92 Å². The normalized spacial score (nSPS) is 15.8. The molecule has 1 fully saturated rings. The van der Waals surface area contributed by atoms with E-state index in [-0.39, 0.29) is 5.91 Å². The van der Waals surface area contributed by atoms with Gasteiger partial charge in [-0.25, -0.2) is 4.98 Å². The largest absolute Gasteiger partial charge is 0.475 e. The van der Waals surface area contributed by atoms with Crippen molar-refractivity contribution in [2.75, 3.05) is 38.4 Å². The van der Waals surface area contributed by atoms with Crippen molar-refractivity contribution in [1.82, 2.24) is 4.98 Å². The lowest BCUT2D eigenvalue weighted by molar-refractivity contribution is -0.125. The molecule has 1 aliphatic rings. The van der Waals surface area contributed by atoms with Crippen molar-refractivity contribution in [2.24, 2.45) is 0 Å². The van der Waals surface area contributed by atoms with Crippen LogP contribution in [0.3, 0.4) is 0 Å². The van der Waals surface area contributed by atoms with Crippen LogP contribution in [0.4, 0.5) is 5.69 Å². The van der Waals surface area contributed by atoms with Crippen LogP contribution in [-0.2, 0) is 19.7 Å². The molecule has 1 amide bonds. The van der Waals surface area contributed by atoms with E-state index < -0.39 is 5.41 Å². The molecule has 0 spiro atoms. The molecule has 0 radical (unpaired) electrons. The Morgan fingerprint density at radius 2 is 1.89 bits per heavy atom. The van der Waals surface area contributed by atoms with E-state index >= 15 is 0 Å². The number of nitrogens with one attached hydrogen (secondary N) is 1. The van der Waals surface area contributed by atoms with Gasteiger partial charge in [0.1, 0.15) is 6.61 Å². The van der Waals surface area contributed by atoms with Crippen molar-refractivity contribution < 1.29 is 19.0 Å². The van der Waals surface area contributed by atoms with E-state index in [2.05, 4.69) is 22.4 Å². The van der Waals surface area contributed by atoms with E-state index in [4.69, 9.17) is 14.2 Å². The summed E-state index contributed by atoms with van der Waals surface area (Å²) in [6.07, 6.45) is 2.94. The molecular weight excluding hydrogens is 356 g/mol. The van der Waals surface area contributed by atoms with Crippen LogP contribution in [0.25, 0.3) is 0 Å². The summed E-state index contributed by atoms with van der Waals surface area (Å²) in [6.45, 7) is 6.77. The van der Waals surface area contributed by atoms with Crippen molar-refractivity contribution in [3.63, 3.8) is 0 Å². The van der Waals surface area contributed by atoms with E-state index in [1.807, 2.05) is 32.0 Å². The Morgan fingerprint density at radius 3 is 2.54 bits per heavy atom. The number of ether oxygens (including phenoxy) is 3. The first-order chi connectivity index (χ1) is 13.6. The van der Waals surface area contributed by atoms with Gasteiger partial charge in [0.15, 0.2) is 0 Å². The lowest BCUT2D eigenvalue weighted by Gasteiger charge is -2.36. The number of benzene rings is 1. The van der Waals surface area contributed by atoms with Crippen LogP contribution >= 0.6 is 0 Å². The number of hydrogen-bond donors (Lipinski definition) is 1. The van der Waals surface area contributed by atoms with Gasteiger partial charge < -0.3 is 19.5 Å². The van der Waals surface area contributed by atoms with E-state index in [0.717, 1.165) is 5.56 Å². The number of anilines is 1. The lowest BCUT2D eigenvalue weighted by Crippen LogP contribution is -2.44. The summed E-state index contributed by atoms with van der Waals surface area (Å²) in [5.74, 6) is 0.489. The highest BCUT2D eigenvalue weighted by Crippen LogP contribution is 2.36. The number of carbonyl (C=O) groups excluding carboxylic acids is 1. The van der Waals surface area contributed by atoms with E-state index in [1.54, 1.807) is 12.3 Å². The van der Waals surface area contributed by atoms with Crippen LogP contribution in [0.5, 0.6) is 5.88 Å². The number of carbonyl (C=O) groups is 1. The summed E-state index contributed by atoms with van der Waals surface area (Å²) >= 11 is 0. The van der Waals surface area contributed by atoms with Crippen molar-refractivity contribution in [3.05, 3.63) is 53.7 Å². The Bertz CT molecular complexity index is 753. The standard InChI is InChI=1S/C22H28N2O4/c1-3-26-14-15-28-20-9-8-19(16-23-20)24-21(25)22(10-12-27-13-11-22)18-6-4-17(2)5-7-18/h4-9,16H,3,10-15H2,1-2H3,(H,24,25). The molecule has 3 rings (SSSR count). The average molecular weight is 384 g/mol. The average Bonchev–Trinajstić information content (AvgIpc) is 2.73. The molecule has 1 aliphatic heterocycles. The molecule has 6 heteroatoms. The van der Waals surface area contributed by atoms with Gasteiger partial charge in [0, 0.05) is 25.9 Å². The fraction of sp³-hybridized carbons (Fsp3) is 0.455. The zero-order valence-corrected chi connectivity index (χ0v) is 16.6. The highest BCUT2D eigenvalue weighted by molar-refractivity contribution is 5.99. The third kappa shape index (κ3) is 4.88. The number of amides is 1. The van der Waals surface area contributed by atoms with Gasteiger partial charge in [0.05, 0.1) is 23.9 Å². The second-order valence-corrected chi connectivity index (χ2v) is 6.95. The molecular formula is C22H28N2O4. The van der Waals surface area contributed by atoms with Crippen molar-refractivity contribution in [1.29, 1.82) is 0 Å². The number of pyridine rings is 1. The Morgan fingerprint density at radius 1 is 1.14 bits per heavy atom. The monoisotopic (exact) mass is 384 g/mol. The summed E-state index contributed by atoms with van der Waals surface area (Å²) in [5.41, 5.74) is 2.27. The zero-order valence-electron chi connectivity index (χ0n) is 16.6. The fourth-order valence-electron chi connectivity index (χ4n) is 3.38. The Labute approximate surface area is 166 Å². The van der Waals surface area contributed by atoms with Crippen LogP contribution in [-0.4, -0.2) is 43.9 Å². The highest BCUT2D eigenvalue weighted by Gasteiger charge is 2.41. The maximum atomic E-state index is 13.3.